The number of benzene rings is 1. The summed E-state index contributed by atoms with van der Waals surface area (Å²) in [4.78, 5) is 9.39. The number of hydrogen-bond donors (Lipinski definition) is 0. The summed E-state index contributed by atoms with van der Waals surface area (Å²) < 4.78 is 5.39. The van der Waals surface area contributed by atoms with E-state index in [-0.39, 0.29) is 0 Å². The van der Waals surface area contributed by atoms with Crippen LogP contribution in [0.5, 0.6) is 0 Å². The van der Waals surface area contributed by atoms with Crippen LogP contribution in [0.2, 0.25) is 0 Å². The fourth-order valence-electron chi connectivity index (χ4n) is 3.53. The molecule has 2 aliphatic rings. The molecule has 2 fully saturated rings. The minimum Gasteiger partial charge on any atom is -0.335 e. The Kier molecular flexibility index (Phi) is 3.58. The summed E-state index contributed by atoms with van der Waals surface area (Å²) in [5.41, 5.74) is 0.975. The summed E-state index contributed by atoms with van der Waals surface area (Å²) >= 11 is 0. The van der Waals surface area contributed by atoms with Gasteiger partial charge in [-0.05, 0) is 43.6 Å². The van der Waals surface area contributed by atoms with Crippen LogP contribution in [0, 0.1) is 0 Å². The van der Waals surface area contributed by atoms with Crippen LogP contribution in [-0.4, -0.2) is 46.8 Å². The van der Waals surface area contributed by atoms with Crippen molar-refractivity contribution in [2.24, 2.45) is 0 Å². The predicted molar refractivity (Wildman–Crippen MR) is 85.8 cm³/mol. The molecule has 22 heavy (non-hydrogen) atoms. The third-order valence-corrected chi connectivity index (χ3v) is 4.90. The molecule has 0 amide bonds. The molecular weight excluding hydrogens is 276 g/mol. The Morgan fingerprint density at radius 2 is 1.95 bits per heavy atom. The first-order chi connectivity index (χ1) is 10.8. The maximum atomic E-state index is 5.39. The van der Waals surface area contributed by atoms with Gasteiger partial charge in [0, 0.05) is 30.7 Å². The molecule has 1 atom stereocenters. The van der Waals surface area contributed by atoms with Gasteiger partial charge in [0.25, 0.3) is 11.8 Å². The van der Waals surface area contributed by atoms with Crippen LogP contribution in [0.4, 0.5) is 5.95 Å². The molecule has 4 rings (SSSR count). The predicted octanol–water partition coefficient (Wildman–Crippen LogP) is 2.80. The zero-order valence-corrected chi connectivity index (χ0v) is 13.0. The fraction of sp³-hybridized carbons (Fsp3) is 0.529. The van der Waals surface area contributed by atoms with Crippen molar-refractivity contribution in [2.45, 2.75) is 38.3 Å². The van der Waals surface area contributed by atoms with Crippen molar-refractivity contribution >= 4 is 5.95 Å². The molecule has 1 aromatic heterocycles. The smallest absolute Gasteiger partial charge is 0.266 e. The Morgan fingerprint density at radius 1 is 1.14 bits per heavy atom. The first-order valence-corrected chi connectivity index (χ1v) is 8.21. The van der Waals surface area contributed by atoms with Gasteiger partial charge in [-0.1, -0.05) is 24.6 Å². The van der Waals surface area contributed by atoms with E-state index in [1.807, 2.05) is 30.3 Å². The van der Waals surface area contributed by atoms with Crippen LogP contribution in [-0.2, 0) is 0 Å². The molecular formula is C17H22N4O. The SMILES string of the molecule is C[C@@H]1CCCCN1C1CN(c2noc(-c3ccccc3)n2)C1. The summed E-state index contributed by atoms with van der Waals surface area (Å²) in [5, 5.41) is 4.13. The first kappa shape index (κ1) is 13.8. The minimum absolute atomic E-state index is 0.602. The van der Waals surface area contributed by atoms with Gasteiger partial charge in [-0.15, -0.1) is 0 Å². The van der Waals surface area contributed by atoms with Gasteiger partial charge < -0.3 is 9.42 Å². The molecule has 0 spiro atoms. The topological polar surface area (TPSA) is 45.4 Å². The minimum atomic E-state index is 0.602. The van der Waals surface area contributed by atoms with Crippen molar-refractivity contribution in [1.29, 1.82) is 0 Å². The summed E-state index contributed by atoms with van der Waals surface area (Å²) in [7, 11) is 0. The van der Waals surface area contributed by atoms with Crippen LogP contribution in [0.1, 0.15) is 26.2 Å². The highest BCUT2D eigenvalue weighted by Crippen LogP contribution is 2.28. The molecule has 0 N–H and O–H groups in total. The van der Waals surface area contributed by atoms with Gasteiger partial charge in [0.05, 0.1) is 0 Å². The molecule has 3 heterocycles. The van der Waals surface area contributed by atoms with Crippen molar-refractivity contribution in [2.75, 3.05) is 24.5 Å². The van der Waals surface area contributed by atoms with E-state index in [4.69, 9.17) is 4.52 Å². The van der Waals surface area contributed by atoms with E-state index in [1.54, 1.807) is 0 Å². The lowest BCUT2D eigenvalue weighted by Gasteiger charge is -2.48. The van der Waals surface area contributed by atoms with Crippen molar-refractivity contribution in [1.82, 2.24) is 15.0 Å². The zero-order valence-electron chi connectivity index (χ0n) is 13.0. The monoisotopic (exact) mass is 298 g/mol. The molecule has 2 aromatic rings. The summed E-state index contributed by atoms with van der Waals surface area (Å²) in [5.74, 6) is 1.32. The molecule has 5 nitrogen and oxygen atoms in total. The molecule has 116 valence electrons. The van der Waals surface area contributed by atoms with E-state index < -0.39 is 0 Å². The van der Waals surface area contributed by atoms with E-state index in [2.05, 4.69) is 26.9 Å². The van der Waals surface area contributed by atoms with E-state index in [9.17, 15) is 0 Å². The van der Waals surface area contributed by atoms with Gasteiger partial charge in [-0.25, -0.2) is 0 Å². The highest BCUT2D eigenvalue weighted by molar-refractivity contribution is 5.54. The van der Waals surface area contributed by atoms with Crippen LogP contribution < -0.4 is 4.90 Å². The second-order valence-corrected chi connectivity index (χ2v) is 6.41. The maximum Gasteiger partial charge on any atom is 0.266 e. The third-order valence-electron chi connectivity index (χ3n) is 4.90. The Morgan fingerprint density at radius 3 is 2.73 bits per heavy atom. The summed E-state index contributed by atoms with van der Waals surface area (Å²) in [6.45, 7) is 5.61. The number of rotatable bonds is 3. The van der Waals surface area contributed by atoms with E-state index >= 15 is 0 Å². The van der Waals surface area contributed by atoms with Crippen molar-refractivity contribution in [3.63, 3.8) is 0 Å². The van der Waals surface area contributed by atoms with Crippen molar-refractivity contribution in [3.8, 4) is 11.5 Å². The lowest BCUT2D eigenvalue weighted by molar-refractivity contribution is 0.0867. The number of piperidine rings is 1. The Hall–Kier alpha value is -1.88. The molecule has 0 aliphatic carbocycles. The molecule has 0 radical (unpaired) electrons. The van der Waals surface area contributed by atoms with E-state index in [0.29, 0.717) is 18.0 Å². The highest BCUT2D eigenvalue weighted by atomic mass is 16.5. The molecule has 0 bridgehead atoms. The van der Waals surface area contributed by atoms with Gasteiger partial charge in [-0.2, -0.15) is 4.98 Å². The van der Waals surface area contributed by atoms with Crippen LogP contribution in [0.3, 0.4) is 0 Å². The normalized spacial score (nSPS) is 23.5. The number of aromatic nitrogens is 2. The van der Waals surface area contributed by atoms with E-state index in [1.165, 1.54) is 25.8 Å². The number of hydrogen-bond acceptors (Lipinski definition) is 5. The average molecular weight is 298 g/mol. The average Bonchev–Trinajstić information content (AvgIpc) is 2.98. The van der Waals surface area contributed by atoms with Crippen molar-refractivity contribution < 1.29 is 4.52 Å². The Bertz CT molecular complexity index is 621. The number of nitrogens with zero attached hydrogens (tertiary/aromatic N) is 4. The van der Waals surface area contributed by atoms with Crippen LogP contribution in [0.15, 0.2) is 34.9 Å². The summed E-state index contributed by atoms with van der Waals surface area (Å²) in [6, 6.07) is 11.3. The second kappa shape index (κ2) is 5.72. The molecule has 5 heteroatoms. The highest BCUT2D eigenvalue weighted by Gasteiger charge is 2.37. The van der Waals surface area contributed by atoms with Crippen molar-refractivity contribution in [3.05, 3.63) is 30.3 Å². The fourth-order valence-corrected chi connectivity index (χ4v) is 3.53. The Labute approximate surface area is 130 Å². The second-order valence-electron chi connectivity index (χ2n) is 6.41. The van der Waals surface area contributed by atoms with Crippen LogP contribution >= 0.6 is 0 Å². The lowest BCUT2D eigenvalue weighted by Crippen LogP contribution is -2.62. The third kappa shape index (κ3) is 2.50. The van der Waals surface area contributed by atoms with E-state index in [0.717, 1.165) is 24.6 Å². The molecule has 0 unspecified atom stereocenters. The molecule has 2 saturated heterocycles. The zero-order chi connectivity index (χ0) is 14.9. The molecule has 0 saturated carbocycles. The van der Waals surface area contributed by atoms with Gasteiger partial charge in [0.2, 0.25) is 0 Å². The maximum absolute atomic E-state index is 5.39. The van der Waals surface area contributed by atoms with Crippen LogP contribution in [0.25, 0.3) is 11.5 Å². The quantitative estimate of drug-likeness (QED) is 0.872. The largest absolute Gasteiger partial charge is 0.335 e. The molecule has 1 aromatic carbocycles. The standard InChI is InChI=1S/C17H22N4O/c1-13-7-5-6-10-21(13)15-11-20(12-15)17-18-16(22-19-17)14-8-3-2-4-9-14/h2-4,8-9,13,15H,5-7,10-12H2,1H3/t13-/m1/s1. The van der Waals surface area contributed by atoms with Gasteiger partial charge in [-0.3, -0.25) is 4.90 Å². The number of likely N-dealkylation sites (tertiary alicyclic amines) is 1. The first-order valence-electron chi connectivity index (χ1n) is 8.21. The van der Waals surface area contributed by atoms with Gasteiger partial charge in [0.1, 0.15) is 0 Å². The van der Waals surface area contributed by atoms with Gasteiger partial charge in [0.15, 0.2) is 0 Å². The summed E-state index contributed by atoms with van der Waals surface area (Å²) in [6.07, 6.45) is 4.04. The number of anilines is 1. The van der Waals surface area contributed by atoms with Gasteiger partial charge >= 0.3 is 0 Å². The molecule has 2 aliphatic heterocycles. The Balaban J connectivity index is 1.40. The lowest BCUT2D eigenvalue weighted by atomic mass is 9.98.